The van der Waals surface area contributed by atoms with E-state index in [1.54, 1.807) is 49.4 Å². The summed E-state index contributed by atoms with van der Waals surface area (Å²) in [7, 11) is 1.49. The first-order valence-electron chi connectivity index (χ1n) is 7.95. The van der Waals surface area contributed by atoms with Gasteiger partial charge in [-0.15, -0.1) is 0 Å². The number of likely N-dealkylation sites (N-methyl/N-ethyl adjacent to an activating group) is 1. The zero-order valence-electron chi connectivity index (χ0n) is 14.2. The number of rotatable bonds is 7. The van der Waals surface area contributed by atoms with Crippen molar-refractivity contribution in [2.24, 2.45) is 0 Å². The van der Waals surface area contributed by atoms with Crippen LogP contribution in [0.3, 0.4) is 0 Å². The van der Waals surface area contributed by atoms with Gasteiger partial charge in [0, 0.05) is 19.2 Å². The van der Waals surface area contributed by atoms with Gasteiger partial charge in [-0.1, -0.05) is 36.4 Å². The van der Waals surface area contributed by atoms with E-state index in [1.165, 1.54) is 18.0 Å². The first-order chi connectivity index (χ1) is 12.0. The summed E-state index contributed by atoms with van der Waals surface area (Å²) < 4.78 is 19.4. The lowest BCUT2D eigenvalue weighted by molar-refractivity contribution is -0.142. The van der Waals surface area contributed by atoms with Crippen LogP contribution in [-0.4, -0.2) is 36.4 Å². The van der Waals surface area contributed by atoms with Crippen LogP contribution in [0, 0.1) is 5.82 Å². The van der Waals surface area contributed by atoms with Crippen molar-refractivity contribution in [2.75, 3.05) is 13.7 Å². The molecule has 0 saturated heterocycles. The molecule has 1 atom stereocenters. The van der Waals surface area contributed by atoms with Crippen LogP contribution in [0.4, 0.5) is 4.39 Å². The molecule has 2 aromatic carbocycles. The van der Waals surface area contributed by atoms with Gasteiger partial charge in [0.05, 0.1) is 0 Å². The summed E-state index contributed by atoms with van der Waals surface area (Å²) in [6, 6.07) is 14.3. The van der Waals surface area contributed by atoms with Gasteiger partial charge in [-0.3, -0.25) is 9.59 Å². The number of ether oxygens (including phenoxy) is 1. The lowest BCUT2D eigenvalue weighted by Crippen LogP contribution is -2.48. The van der Waals surface area contributed by atoms with Crippen LogP contribution in [0.25, 0.3) is 0 Å². The second-order valence-electron chi connectivity index (χ2n) is 5.51. The second-order valence-corrected chi connectivity index (χ2v) is 5.51. The molecule has 0 fully saturated rings. The standard InChI is InChI=1S/C19H21FN2O3/c1-14(19(24)21-2)22(12-15-8-6-7-11-17(15)20)18(23)13-25-16-9-4-3-5-10-16/h3-11,14H,12-13H2,1-2H3,(H,21,24)/t14-/m1/s1. The molecule has 2 aromatic rings. The van der Waals surface area contributed by atoms with Crippen LogP contribution < -0.4 is 10.1 Å². The van der Waals surface area contributed by atoms with Crippen LogP contribution >= 0.6 is 0 Å². The fourth-order valence-corrected chi connectivity index (χ4v) is 2.35. The normalized spacial score (nSPS) is 11.5. The third-order valence-corrected chi connectivity index (χ3v) is 3.82. The van der Waals surface area contributed by atoms with Crippen LogP contribution in [0.5, 0.6) is 5.75 Å². The predicted octanol–water partition coefficient (Wildman–Crippen LogP) is 2.37. The molecule has 1 N–H and O–H groups in total. The van der Waals surface area contributed by atoms with E-state index in [9.17, 15) is 14.0 Å². The summed E-state index contributed by atoms with van der Waals surface area (Å²) >= 11 is 0. The smallest absolute Gasteiger partial charge is 0.261 e. The second kappa shape index (κ2) is 8.82. The van der Waals surface area contributed by atoms with E-state index in [-0.39, 0.29) is 19.1 Å². The molecule has 0 spiro atoms. The van der Waals surface area contributed by atoms with Crippen molar-refractivity contribution < 1.29 is 18.7 Å². The van der Waals surface area contributed by atoms with E-state index in [1.807, 2.05) is 6.07 Å². The molecule has 132 valence electrons. The van der Waals surface area contributed by atoms with E-state index in [0.717, 1.165) is 0 Å². The van der Waals surface area contributed by atoms with E-state index < -0.39 is 17.8 Å². The Balaban J connectivity index is 2.14. The number of nitrogens with zero attached hydrogens (tertiary/aromatic N) is 1. The highest BCUT2D eigenvalue weighted by Gasteiger charge is 2.26. The predicted molar refractivity (Wildman–Crippen MR) is 92.4 cm³/mol. The van der Waals surface area contributed by atoms with Gasteiger partial charge in [-0.2, -0.15) is 0 Å². The first-order valence-corrected chi connectivity index (χ1v) is 7.95. The molecule has 0 aliphatic rings. The zero-order valence-corrected chi connectivity index (χ0v) is 14.2. The molecule has 0 saturated carbocycles. The third-order valence-electron chi connectivity index (χ3n) is 3.82. The summed E-state index contributed by atoms with van der Waals surface area (Å²) in [4.78, 5) is 25.9. The molecule has 0 unspecified atom stereocenters. The number of halogens is 1. The maximum atomic E-state index is 13.9. The van der Waals surface area contributed by atoms with Crippen molar-refractivity contribution in [2.45, 2.75) is 19.5 Å². The quantitative estimate of drug-likeness (QED) is 0.839. The first kappa shape index (κ1) is 18.4. The van der Waals surface area contributed by atoms with Gasteiger partial charge in [0.1, 0.15) is 17.6 Å². The number of hydrogen-bond acceptors (Lipinski definition) is 3. The molecular formula is C19H21FN2O3. The summed E-state index contributed by atoms with van der Waals surface area (Å²) in [5.74, 6) is -0.602. The van der Waals surface area contributed by atoms with Crippen molar-refractivity contribution in [1.82, 2.24) is 10.2 Å². The van der Waals surface area contributed by atoms with Crippen LogP contribution in [0.15, 0.2) is 54.6 Å². The Kier molecular flexibility index (Phi) is 6.51. The Morgan fingerprint density at radius 1 is 1.12 bits per heavy atom. The number of hydrogen-bond donors (Lipinski definition) is 1. The molecule has 2 rings (SSSR count). The molecule has 0 heterocycles. The highest BCUT2D eigenvalue weighted by molar-refractivity contribution is 5.87. The summed E-state index contributed by atoms with van der Waals surface area (Å²) in [6.45, 7) is 1.35. The molecule has 0 radical (unpaired) electrons. The Morgan fingerprint density at radius 3 is 2.40 bits per heavy atom. The third kappa shape index (κ3) is 5.04. The van der Waals surface area contributed by atoms with Crippen molar-refractivity contribution in [3.63, 3.8) is 0 Å². The van der Waals surface area contributed by atoms with Crippen molar-refractivity contribution >= 4 is 11.8 Å². The summed E-state index contributed by atoms with van der Waals surface area (Å²) in [6.07, 6.45) is 0. The van der Waals surface area contributed by atoms with Crippen LogP contribution in [0.2, 0.25) is 0 Å². The SMILES string of the molecule is CNC(=O)[C@@H](C)N(Cc1ccccc1F)C(=O)COc1ccccc1. The Morgan fingerprint density at radius 2 is 1.76 bits per heavy atom. The molecule has 25 heavy (non-hydrogen) atoms. The minimum Gasteiger partial charge on any atom is -0.484 e. The fraction of sp³-hybridized carbons (Fsp3) is 0.263. The summed E-state index contributed by atoms with van der Waals surface area (Å²) in [5, 5.41) is 2.51. The number of nitrogens with one attached hydrogen (secondary N) is 1. The van der Waals surface area contributed by atoms with E-state index in [0.29, 0.717) is 11.3 Å². The maximum absolute atomic E-state index is 13.9. The van der Waals surface area contributed by atoms with Gasteiger partial charge in [-0.25, -0.2) is 4.39 Å². The Hall–Kier alpha value is -2.89. The maximum Gasteiger partial charge on any atom is 0.261 e. The molecular weight excluding hydrogens is 323 g/mol. The van der Waals surface area contributed by atoms with Gasteiger partial charge in [0.15, 0.2) is 6.61 Å². The van der Waals surface area contributed by atoms with E-state index in [2.05, 4.69) is 5.32 Å². The van der Waals surface area contributed by atoms with Crippen molar-refractivity contribution in [1.29, 1.82) is 0 Å². The van der Waals surface area contributed by atoms with E-state index in [4.69, 9.17) is 4.74 Å². The number of para-hydroxylation sites is 1. The Bertz CT molecular complexity index is 722. The molecule has 2 amide bonds. The topological polar surface area (TPSA) is 58.6 Å². The highest BCUT2D eigenvalue weighted by atomic mass is 19.1. The number of carbonyl (C=O) groups excluding carboxylic acids is 2. The average molecular weight is 344 g/mol. The number of carbonyl (C=O) groups is 2. The lowest BCUT2D eigenvalue weighted by atomic mass is 10.1. The monoisotopic (exact) mass is 344 g/mol. The van der Waals surface area contributed by atoms with Crippen LogP contribution in [-0.2, 0) is 16.1 Å². The fourth-order valence-electron chi connectivity index (χ4n) is 2.35. The van der Waals surface area contributed by atoms with Crippen molar-refractivity contribution in [3.05, 3.63) is 66.0 Å². The van der Waals surface area contributed by atoms with Gasteiger partial charge in [0.2, 0.25) is 5.91 Å². The largest absolute Gasteiger partial charge is 0.484 e. The lowest BCUT2D eigenvalue weighted by Gasteiger charge is -2.28. The van der Waals surface area contributed by atoms with Crippen LogP contribution in [0.1, 0.15) is 12.5 Å². The minimum atomic E-state index is -0.753. The Labute approximate surface area is 146 Å². The van der Waals surface area contributed by atoms with Crippen molar-refractivity contribution in [3.8, 4) is 5.75 Å². The van der Waals surface area contributed by atoms with Gasteiger partial charge >= 0.3 is 0 Å². The molecule has 6 heteroatoms. The van der Waals surface area contributed by atoms with Gasteiger partial charge in [0.25, 0.3) is 5.91 Å². The molecule has 0 bridgehead atoms. The summed E-state index contributed by atoms with van der Waals surface area (Å²) in [5.41, 5.74) is 0.339. The molecule has 0 aliphatic carbocycles. The average Bonchev–Trinajstić information content (AvgIpc) is 2.65. The van der Waals surface area contributed by atoms with Gasteiger partial charge in [-0.05, 0) is 25.1 Å². The highest BCUT2D eigenvalue weighted by Crippen LogP contribution is 2.14. The minimum absolute atomic E-state index is 0.0156. The molecule has 0 aromatic heterocycles. The van der Waals surface area contributed by atoms with E-state index >= 15 is 0 Å². The molecule has 5 nitrogen and oxygen atoms in total. The van der Waals surface area contributed by atoms with Gasteiger partial charge < -0.3 is 15.0 Å². The zero-order chi connectivity index (χ0) is 18.2. The molecule has 0 aliphatic heterocycles. The number of benzene rings is 2. The number of amides is 2.